The van der Waals surface area contributed by atoms with Crippen LogP contribution in [0.4, 0.5) is 0 Å². The normalized spacial score (nSPS) is 15.3. The summed E-state index contributed by atoms with van der Waals surface area (Å²) < 4.78 is 188. The summed E-state index contributed by atoms with van der Waals surface area (Å²) in [7, 11) is 0. The van der Waals surface area contributed by atoms with Gasteiger partial charge in [-0.25, -0.2) is 9.59 Å². The summed E-state index contributed by atoms with van der Waals surface area (Å²) >= 11 is 0. The molecule has 384 valence electrons. The van der Waals surface area contributed by atoms with E-state index in [1.54, 1.807) is 72.8 Å². The van der Waals surface area contributed by atoms with Crippen molar-refractivity contribution in [3.8, 4) is 78.8 Å². The second kappa shape index (κ2) is 20.6. The standard InChI is InChI=1S/C70H56N4O3.Pt/c1-69(2,3)51-41-53(71-61-37-19-21-39-63(61)73(67(71)75)65-57(47-25-11-7-12-26-47)33-23-34-58(65)48-27-13-8-14-28-48)45-55(43-51)77-56-44-52(70(4,5)6)42-54(46-56)72-62-38-20-22-40-64(62)74(68(72)76)66-59(49-29-15-9-16-30-49)35-24-36-60(66)50-31-17-10-18-32-50;/h7-44H,1-6H3;/q-2;+2/i7D,8D,9D,10D,11D,12D,13D,14D,15D,16D,17D,18D,25D,26D,27D,28D,29D,30D,31D,32D;. The van der Waals surface area contributed by atoms with Gasteiger partial charge in [0.25, 0.3) is 0 Å². The minimum absolute atomic E-state index is 0. The van der Waals surface area contributed by atoms with E-state index in [-0.39, 0.29) is 122 Å². The molecule has 7 nitrogen and oxygen atoms in total. The van der Waals surface area contributed by atoms with Gasteiger partial charge >= 0.3 is 32.4 Å². The third kappa shape index (κ3) is 9.39. The Bertz CT molecular complexity index is 4920. The predicted molar refractivity (Wildman–Crippen MR) is 315 cm³/mol. The number of hydrogen-bond acceptors (Lipinski definition) is 3. The monoisotopic (exact) mass is 1220 g/mol. The van der Waals surface area contributed by atoms with Gasteiger partial charge in [0, 0.05) is 33.8 Å². The maximum atomic E-state index is 16.1. The van der Waals surface area contributed by atoms with Crippen molar-refractivity contribution in [2.45, 2.75) is 52.4 Å². The molecule has 0 aliphatic heterocycles. The average Bonchev–Trinajstić information content (AvgIpc) is 1.42. The number of benzene rings is 10. The van der Waals surface area contributed by atoms with Crippen LogP contribution in [-0.2, 0) is 31.9 Å². The molecule has 0 aliphatic rings. The van der Waals surface area contributed by atoms with Gasteiger partial charge in [0.15, 0.2) is 0 Å². The van der Waals surface area contributed by atoms with Gasteiger partial charge in [0.2, 0.25) is 0 Å². The molecule has 12 aromatic rings. The van der Waals surface area contributed by atoms with Gasteiger partial charge in [0.05, 0.1) is 60.9 Å². The molecule has 0 spiro atoms. The van der Waals surface area contributed by atoms with Gasteiger partial charge in [-0.2, -0.15) is 0 Å². The van der Waals surface area contributed by atoms with Crippen molar-refractivity contribution in [1.82, 2.24) is 18.3 Å². The average molecular weight is 1220 g/mol. The van der Waals surface area contributed by atoms with Crippen LogP contribution in [0, 0.1) is 12.1 Å². The van der Waals surface area contributed by atoms with E-state index < -0.39 is 143 Å². The number of imidazole rings is 2. The van der Waals surface area contributed by atoms with Crippen molar-refractivity contribution in [3.63, 3.8) is 0 Å². The fourth-order valence-electron chi connectivity index (χ4n) is 9.50. The molecular formula is C70H56N4O3Pt. The molecule has 2 aromatic heterocycles. The predicted octanol–water partition coefficient (Wildman–Crippen LogP) is 16.5. The van der Waals surface area contributed by atoms with E-state index in [4.69, 9.17) is 32.2 Å². The van der Waals surface area contributed by atoms with Crippen molar-refractivity contribution >= 4 is 22.1 Å². The Hall–Kier alpha value is -8.77. The first kappa shape index (κ1) is 32.7. The van der Waals surface area contributed by atoms with E-state index in [1.165, 1.54) is 54.7 Å². The molecule has 0 unspecified atom stereocenters. The summed E-state index contributed by atoms with van der Waals surface area (Å²) in [5.41, 5.74) is -2.93. The Labute approximate surface area is 497 Å². The fourth-order valence-corrected chi connectivity index (χ4v) is 9.50. The van der Waals surface area contributed by atoms with Gasteiger partial charge in [-0.15, -0.1) is 47.5 Å². The molecule has 0 N–H and O–H groups in total. The van der Waals surface area contributed by atoms with Crippen molar-refractivity contribution < 1.29 is 53.2 Å². The molecule has 0 aliphatic carbocycles. The first-order valence-corrected chi connectivity index (χ1v) is 24.5. The molecule has 0 fully saturated rings. The first-order valence-electron chi connectivity index (χ1n) is 34.5. The number of nitrogens with zero attached hydrogens (tertiary/aromatic N) is 4. The van der Waals surface area contributed by atoms with Crippen LogP contribution in [-0.4, -0.2) is 18.3 Å². The topological polar surface area (TPSA) is 63.1 Å². The van der Waals surface area contributed by atoms with Crippen LogP contribution in [0.15, 0.2) is 240 Å². The summed E-state index contributed by atoms with van der Waals surface area (Å²) in [4.78, 5) is 32.2. The van der Waals surface area contributed by atoms with Crippen LogP contribution >= 0.6 is 0 Å². The van der Waals surface area contributed by atoms with E-state index in [9.17, 15) is 0 Å². The van der Waals surface area contributed by atoms with Crippen molar-refractivity contribution in [2.24, 2.45) is 0 Å². The molecule has 0 amide bonds. The van der Waals surface area contributed by atoms with Crippen LogP contribution in [0.1, 0.15) is 80.1 Å². The summed E-state index contributed by atoms with van der Waals surface area (Å²) in [6, 6.07) is 21.7. The maximum absolute atomic E-state index is 16.1. The minimum Gasteiger partial charge on any atom is -0.509 e. The van der Waals surface area contributed by atoms with Gasteiger partial charge in [0.1, 0.15) is 0 Å². The number of fused-ring (bicyclic) bond motifs is 2. The molecular weight excluding hydrogens is 1140 g/mol. The number of para-hydroxylation sites is 6. The number of hydrogen-bond donors (Lipinski definition) is 0. The quantitative estimate of drug-likeness (QED) is 0.128. The molecule has 0 radical (unpaired) electrons. The number of ether oxygens (including phenoxy) is 1. The van der Waals surface area contributed by atoms with Crippen molar-refractivity contribution in [2.75, 3.05) is 0 Å². The Kier molecular flexibility index (Phi) is 8.66. The van der Waals surface area contributed by atoms with Crippen LogP contribution in [0.3, 0.4) is 0 Å². The van der Waals surface area contributed by atoms with Crippen molar-refractivity contribution in [1.29, 1.82) is 0 Å². The zero-order chi connectivity index (χ0) is 70.4. The molecule has 10 aromatic carbocycles. The van der Waals surface area contributed by atoms with E-state index in [1.807, 2.05) is 41.5 Å². The molecule has 0 bridgehead atoms. The van der Waals surface area contributed by atoms with Crippen LogP contribution in [0.5, 0.6) is 11.5 Å². The summed E-state index contributed by atoms with van der Waals surface area (Å²) in [6.07, 6.45) is 0. The maximum Gasteiger partial charge on any atom is 2.00 e. The van der Waals surface area contributed by atoms with E-state index in [0.717, 1.165) is 0 Å². The van der Waals surface area contributed by atoms with Crippen molar-refractivity contribution in [3.05, 3.63) is 274 Å². The number of aromatic nitrogens is 4. The fraction of sp³-hybridized carbons (Fsp3) is 0.114. The molecule has 0 saturated carbocycles. The van der Waals surface area contributed by atoms with E-state index in [0.29, 0.717) is 11.1 Å². The zero-order valence-corrected chi connectivity index (χ0v) is 45.0. The van der Waals surface area contributed by atoms with Crippen LogP contribution in [0.25, 0.3) is 89.3 Å². The zero-order valence-electron chi connectivity index (χ0n) is 62.7. The third-order valence-corrected chi connectivity index (χ3v) is 13.2. The van der Waals surface area contributed by atoms with E-state index >= 15 is 9.59 Å². The first-order chi connectivity index (χ1) is 45.6. The molecule has 0 atom stereocenters. The number of rotatable bonds is 10. The summed E-state index contributed by atoms with van der Waals surface area (Å²) in [6.45, 7) is 11.6. The Morgan fingerprint density at radius 2 is 0.667 bits per heavy atom. The van der Waals surface area contributed by atoms with Crippen LogP contribution in [0.2, 0.25) is 0 Å². The minimum atomic E-state index is -0.829. The molecule has 78 heavy (non-hydrogen) atoms. The summed E-state index contributed by atoms with van der Waals surface area (Å²) in [5.74, 6) is 0.0636. The smallest absolute Gasteiger partial charge is 0.509 e. The second-order valence-electron chi connectivity index (χ2n) is 20.1. The molecule has 0 saturated heterocycles. The largest absolute Gasteiger partial charge is 2.00 e. The van der Waals surface area contributed by atoms with Gasteiger partial charge in [-0.3, -0.25) is 18.3 Å². The third-order valence-electron chi connectivity index (χ3n) is 13.2. The van der Waals surface area contributed by atoms with Gasteiger partial charge in [-0.1, -0.05) is 234 Å². The molecule has 2 heterocycles. The Morgan fingerprint density at radius 1 is 0.385 bits per heavy atom. The summed E-state index contributed by atoms with van der Waals surface area (Å²) in [5, 5.41) is 0. The second-order valence-corrected chi connectivity index (χ2v) is 20.1. The van der Waals surface area contributed by atoms with E-state index in [2.05, 4.69) is 12.1 Å². The van der Waals surface area contributed by atoms with Gasteiger partial charge in [-0.05, 0) is 57.3 Å². The van der Waals surface area contributed by atoms with Crippen LogP contribution < -0.4 is 16.1 Å². The molecule has 8 heteroatoms. The Balaban J connectivity index is 0.00000972. The SMILES string of the molecule is [2H]c1c([2H])c([2H])c(-c2cccc(-c3c([2H])c([2H])c([2H])c([2H])c3[2H])c2-n2c(=O)n(-c3[c-]c(Oc4[c-]c(-n5c(=O)n(-c6c(-c7c([2H])c([2H])c([2H])c([2H])c7[2H])cccc6-c6c([2H])c([2H])c([2H])c([2H])c6[2H])c6ccccc65)cc(C(C)(C)C)c4)cc(C(C)(C)C)c3)c3ccccc32)c([2H])c1[2H].[Pt+2]. The molecule has 12 rings (SSSR count). The Morgan fingerprint density at radius 3 is 0.949 bits per heavy atom. The van der Waals surface area contributed by atoms with Gasteiger partial charge < -0.3 is 4.74 Å².